The maximum absolute atomic E-state index is 12.5. The first-order chi connectivity index (χ1) is 9.47. The van der Waals surface area contributed by atoms with Crippen molar-refractivity contribution >= 4 is 5.91 Å². The van der Waals surface area contributed by atoms with E-state index >= 15 is 0 Å². The molecule has 1 aliphatic rings. The molecular weight excluding hydrogens is 252 g/mol. The van der Waals surface area contributed by atoms with Crippen molar-refractivity contribution in [3.8, 4) is 0 Å². The molecule has 4 heteroatoms. The maximum atomic E-state index is 12.5. The second kappa shape index (κ2) is 8.63. The van der Waals surface area contributed by atoms with Gasteiger partial charge in [0.1, 0.15) is 0 Å². The molecule has 0 radical (unpaired) electrons. The van der Waals surface area contributed by atoms with Crippen LogP contribution < -0.4 is 5.32 Å². The molecular formula is C16H32N2O2. The molecule has 0 saturated carbocycles. The van der Waals surface area contributed by atoms with Crippen molar-refractivity contribution in [2.24, 2.45) is 11.8 Å². The lowest BCUT2D eigenvalue weighted by Crippen LogP contribution is -2.43. The Bertz CT molecular complexity index is 292. The maximum Gasteiger partial charge on any atom is 0.241 e. The highest BCUT2D eigenvalue weighted by atomic mass is 16.5. The molecule has 118 valence electrons. The minimum Gasteiger partial charge on any atom is -0.380 e. The van der Waals surface area contributed by atoms with Gasteiger partial charge >= 0.3 is 0 Å². The van der Waals surface area contributed by atoms with E-state index < -0.39 is 0 Å². The number of hydrogen-bond donors (Lipinski definition) is 1. The third-order valence-corrected chi connectivity index (χ3v) is 3.75. The summed E-state index contributed by atoms with van der Waals surface area (Å²) in [6.07, 6.45) is 3.31. The lowest BCUT2D eigenvalue weighted by molar-refractivity contribution is -0.131. The quantitative estimate of drug-likeness (QED) is 0.662. The van der Waals surface area contributed by atoms with Crippen LogP contribution in [0.1, 0.15) is 53.9 Å². The van der Waals surface area contributed by atoms with Gasteiger partial charge in [-0.15, -0.1) is 0 Å². The fourth-order valence-corrected chi connectivity index (χ4v) is 2.66. The van der Waals surface area contributed by atoms with Crippen LogP contribution in [0.15, 0.2) is 0 Å². The van der Waals surface area contributed by atoms with Crippen molar-refractivity contribution in [3.63, 3.8) is 0 Å². The molecule has 1 aliphatic heterocycles. The zero-order valence-corrected chi connectivity index (χ0v) is 13.8. The van der Waals surface area contributed by atoms with E-state index in [0.717, 1.165) is 25.9 Å². The van der Waals surface area contributed by atoms with E-state index in [1.165, 1.54) is 0 Å². The van der Waals surface area contributed by atoms with Crippen LogP contribution in [0.2, 0.25) is 0 Å². The molecule has 2 unspecified atom stereocenters. The van der Waals surface area contributed by atoms with Gasteiger partial charge in [-0.3, -0.25) is 10.1 Å². The standard InChI is InChI=1S/C16H32N2O2/c1-6-7-9-20-10-8-18-15(13(4)5)17-14(16(18)19)11-12(2)3/h12-15,17H,6-11H2,1-5H3. The number of carbonyl (C=O) groups is 1. The molecule has 2 atom stereocenters. The minimum absolute atomic E-state index is 0.0157. The summed E-state index contributed by atoms with van der Waals surface area (Å²) < 4.78 is 5.61. The Morgan fingerprint density at radius 2 is 1.95 bits per heavy atom. The van der Waals surface area contributed by atoms with E-state index in [1.807, 2.05) is 4.90 Å². The van der Waals surface area contributed by atoms with Gasteiger partial charge in [0.05, 0.1) is 18.8 Å². The summed E-state index contributed by atoms with van der Waals surface area (Å²) in [6.45, 7) is 12.9. The zero-order chi connectivity index (χ0) is 15.1. The van der Waals surface area contributed by atoms with Gasteiger partial charge in [-0.25, -0.2) is 0 Å². The molecule has 0 aromatic rings. The first-order valence-electron chi connectivity index (χ1n) is 8.11. The third-order valence-electron chi connectivity index (χ3n) is 3.75. The van der Waals surface area contributed by atoms with Gasteiger partial charge in [0.2, 0.25) is 5.91 Å². The highest BCUT2D eigenvalue weighted by molar-refractivity contribution is 5.84. The Balaban J connectivity index is 2.49. The molecule has 4 nitrogen and oxygen atoms in total. The van der Waals surface area contributed by atoms with Gasteiger partial charge in [-0.2, -0.15) is 0 Å². The SMILES string of the molecule is CCCCOCCN1C(=O)C(CC(C)C)NC1C(C)C. The van der Waals surface area contributed by atoms with Crippen molar-refractivity contribution in [2.75, 3.05) is 19.8 Å². The smallest absolute Gasteiger partial charge is 0.241 e. The summed E-state index contributed by atoms with van der Waals surface area (Å²) >= 11 is 0. The van der Waals surface area contributed by atoms with E-state index in [9.17, 15) is 4.79 Å². The Morgan fingerprint density at radius 1 is 1.25 bits per heavy atom. The average molecular weight is 284 g/mol. The molecule has 20 heavy (non-hydrogen) atoms. The largest absolute Gasteiger partial charge is 0.380 e. The molecule has 1 fully saturated rings. The van der Waals surface area contributed by atoms with Gasteiger partial charge < -0.3 is 9.64 Å². The molecule has 0 aromatic heterocycles. The van der Waals surface area contributed by atoms with Crippen LogP contribution in [0.5, 0.6) is 0 Å². The van der Waals surface area contributed by atoms with Gasteiger partial charge in [0.15, 0.2) is 0 Å². The molecule has 0 aromatic carbocycles. The van der Waals surface area contributed by atoms with E-state index in [2.05, 4.69) is 39.9 Å². The highest BCUT2D eigenvalue weighted by Gasteiger charge is 2.39. The third kappa shape index (κ3) is 5.06. The van der Waals surface area contributed by atoms with Crippen molar-refractivity contribution in [1.29, 1.82) is 0 Å². The van der Waals surface area contributed by atoms with E-state index in [1.54, 1.807) is 0 Å². The first kappa shape index (κ1) is 17.4. The van der Waals surface area contributed by atoms with E-state index in [4.69, 9.17) is 4.74 Å². The predicted molar refractivity (Wildman–Crippen MR) is 82.4 cm³/mol. The van der Waals surface area contributed by atoms with Crippen LogP contribution in [0.4, 0.5) is 0 Å². The first-order valence-corrected chi connectivity index (χ1v) is 8.11. The molecule has 0 bridgehead atoms. The van der Waals surface area contributed by atoms with Crippen molar-refractivity contribution in [1.82, 2.24) is 10.2 Å². The van der Waals surface area contributed by atoms with Gasteiger partial charge in [-0.1, -0.05) is 41.0 Å². The lowest BCUT2D eigenvalue weighted by Gasteiger charge is -2.27. The zero-order valence-electron chi connectivity index (χ0n) is 13.8. The molecule has 0 aliphatic carbocycles. The Kier molecular flexibility index (Phi) is 7.52. The fourth-order valence-electron chi connectivity index (χ4n) is 2.66. The number of rotatable bonds is 9. The van der Waals surface area contributed by atoms with Crippen LogP contribution in [-0.4, -0.2) is 42.8 Å². The Morgan fingerprint density at radius 3 is 2.50 bits per heavy atom. The summed E-state index contributed by atoms with van der Waals surface area (Å²) in [5.41, 5.74) is 0. The normalized spacial score (nSPS) is 23.4. The molecule has 1 N–H and O–H groups in total. The summed E-state index contributed by atoms with van der Waals surface area (Å²) in [5, 5.41) is 3.49. The predicted octanol–water partition coefficient (Wildman–Crippen LogP) is 2.63. The number of nitrogens with zero attached hydrogens (tertiary/aromatic N) is 1. The summed E-state index contributed by atoms with van der Waals surface area (Å²) in [4.78, 5) is 14.5. The van der Waals surface area contributed by atoms with Crippen LogP contribution in [-0.2, 0) is 9.53 Å². The average Bonchev–Trinajstić information content (AvgIpc) is 2.67. The van der Waals surface area contributed by atoms with E-state index in [-0.39, 0.29) is 18.1 Å². The number of nitrogens with one attached hydrogen (secondary N) is 1. The summed E-state index contributed by atoms with van der Waals surface area (Å²) in [7, 11) is 0. The second-order valence-electron chi connectivity index (χ2n) is 6.54. The molecule has 0 spiro atoms. The topological polar surface area (TPSA) is 41.6 Å². The number of unbranched alkanes of at least 4 members (excludes halogenated alkanes) is 1. The fraction of sp³-hybridized carbons (Fsp3) is 0.938. The van der Waals surface area contributed by atoms with Crippen LogP contribution >= 0.6 is 0 Å². The minimum atomic E-state index is -0.0157. The van der Waals surface area contributed by atoms with Gasteiger partial charge in [-0.05, 0) is 24.7 Å². The molecule has 1 amide bonds. The molecule has 1 heterocycles. The van der Waals surface area contributed by atoms with E-state index in [0.29, 0.717) is 25.0 Å². The van der Waals surface area contributed by atoms with Crippen LogP contribution in [0.3, 0.4) is 0 Å². The second-order valence-corrected chi connectivity index (χ2v) is 6.54. The number of amides is 1. The van der Waals surface area contributed by atoms with Crippen molar-refractivity contribution < 1.29 is 9.53 Å². The van der Waals surface area contributed by atoms with Crippen molar-refractivity contribution in [2.45, 2.75) is 66.1 Å². The highest BCUT2D eigenvalue weighted by Crippen LogP contribution is 2.21. The summed E-state index contributed by atoms with van der Waals surface area (Å²) in [6, 6.07) is -0.0157. The Hall–Kier alpha value is -0.610. The summed E-state index contributed by atoms with van der Waals surface area (Å²) in [5.74, 6) is 1.20. The number of ether oxygens (including phenoxy) is 1. The Labute approximate surface area is 124 Å². The van der Waals surface area contributed by atoms with Gasteiger partial charge in [0.25, 0.3) is 0 Å². The van der Waals surface area contributed by atoms with Crippen LogP contribution in [0.25, 0.3) is 0 Å². The van der Waals surface area contributed by atoms with Gasteiger partial charge in [0, 0.05) is 13.2 Å². The monoisotopic (exact) mass is 284 g/mol. The molecule has 1 rings (SSSR count). The number of carbonyl (C=O) groups excluding carboxylic acids is 1. The van der Waals surface area contributed by atoms with Crippen LogP contribution in [0, 0.1) is 11.8 Å². The van der Waals surface area contributed by atoms with Crippen molar-refractivity contribution in [3.05, 3.63) is 0 Å². The lowest BCUT2D eigenvalue weighted by atomic mass is 10.0. The molecule has 1 saturated heterocycles. The number of hydrogen-bond acceptors (Lipinski definition) is 3.